The molecule has 0 amide bonds. The number of rotatable bonds is 11. The average Bonchev–Trinajstić information content (AvgIpc) is 3.11. The van der Waals surface area contributed by atoms with Crippen LogP contribution in [0.3, 0.4) is 0 Å². The molecule has 2 saturated carbocycles. The van der Waals surface area contributed by atoms with Crippen molar-refractivity contribution in [2.24, 2.45) is 16.7 Å². The van der Waals surface area contributed by atoms with E-state index in [1.807, 2.05) is 0 Å². The maximum atomic E-state index is 15.7. The minimum Gasteiger partial charge on any atom is -0.459 e. The molecule has 17 heteroatoms. The van der Waals surface area contributed by atoms with Gasteiger partial charge in [-0.05, 0) is 53.7 Å². The molecule has 0 aliphatic heterocycles. The Balaban J connectivity index is 2.04. The van der Waals surface area contributed by atoms with Crippen LogP contribution < -0.4 is 0 Å². The lowest BCUT2D eigenvalue weighted by atomic mass is 9.46. The first kappa shape index (κ1) is 48.9. The van der Waals surface area contributed by atoms with Crippen molar-refractivity contribution in [3.63, 3.8) is 0 Å². The Kier molecular flexibility index (Phi) is 14.8. The lowest BCUT2D eigenvalue weighted by Crippen LogP contribution is -2.77. The predicted molar refractivity (Wildman–Crippen MR) is 226 cm³/mol. The molecule has 326 valence electrons. The van der Waals surface area contributed by atoms with Crippen molar-refractivity contribution in [3.8, 4) is 0 Å². The zero-order valence-electron chi connectivity index (χ0n) is 34.9. The predicted octanol–water partition coefficient (Wildman–Crippen LogP) is 8.17. The van der Waals surface area contributed by atoms with Crippen LogP contribution in [0.25, 0.3) is 0 Å². The molecule has 4 rings (SSSR count). The number of aliphatic hydroxyl groups is 3. The van der Waals surface area contributed by atoms with Gasteiger partial charge in [-0.1, -0.05) is 124 Å². The number of ether oxygens (including phenoxy) is 4. The van der Waals surface area contributed by atoms with Crippen LogP contribution in [0.5, 0.6) is 0 Å². The summed E-state index contributed by atoms with van der Waals surface area (Å²) in [6, 6.07) is 8.02. The molecular formula is C41H58BrCl3O12Si. The van der Waals surface area contributed by atoms with E-state index in [1.165, 1.54) is 19.1 Å². The molecule has 3 aliphatic rings. The Morgan fingerprint density at radius 1 is 0.948 bits per heavy atom. The smallest absolute Gasteiger partial charge is 0.459 e. The zero-order chi connectivity index (χ0) is 44.1. The minimum absolute atomic E-state index is 0.106. The first-order chi connectivity index (χ1) is 26.5. The van der Waals surface area contributed by atoms with Gasteiger partial charge < -0.3 is 38.7 Å². The van der Waals surface area contributed by atoms with Crippen molar-refractivity contribution in [3.05, 3.63) is 47.0 Å². The molecule has 1 aromatic carbocycles. The number of carbonyl (C=O) groups excluding carboxylic acids is 4. The highest BCUT2D eigenvalue weighted by Crippen LogP contribution is 2.63. The Morgan fingerprint density at radius 3 is 2.00 bits per heavy atom. The molecule has 3 N–H and O–H groups in total. The van der Waals surface area contributed by atoms with E-state index in [1.54, 1.807) is 39.0 Å². The summed E-state index contributed by atoms with van der Waals surface area (Å²) in [5, 5.41) is 39.5. The van der Waals surface area contributed by atoms with Crippen LogP contribution in [0, 0.1) is 16.7 Å². The second kappa shape index (κ2) is 17.6. The minimum atomic E-state index is -2.74. The summed E-state index contributed by atoms with van der Waals surface area (Å²) in [5.41, 5.74) is -7.05. The van der Waals surface area contributed by atoms with Gasteiger partial charge in [-0.3, -0.25) is 9.59 Å². The number of fused-ring (bicyclic) bond motifs is 3. The molecular weight excluding hydrogens is 899 g/mol. The molecule has 3 aliphatic carbocycles. The van der Waals surface area contributed by atoms with Crippen molar-refractivity contribution in [2.45, 2.75) is 150 Å². The van der Waals surface area contributed by atoms with Gasteiger partial charge in [0.05, 0.1) is 28.0 Å². The quantitative estimate of drug-likeness (QED) is 0.0639. The summed E-state index contributed by atoms with van der Waals surface area (Å²) in [6.45, 7) is 18.7. The fourth-order valence-corrected chi connectivity index (χ4v) is 16.8. The van der Waals surface area contributed by atoms with Gasteiger partial charge in [0.25, 0.3) is 0 Å². The van der Waals surface area contributed by atoms with Gasteiger partial charge in [0.2, 0.25) is 12.1 Å². The van der Waals surface area contributed by atoms with Crippen LogP contribution in [0.15, 0.2) is 41.5 Å². The molecule has 0 saturated heterocycles. The molecule has 0 radical (unpaired) electrons. The number of Topliss-reactive ketones (excluding diaryl/α,β-unsaturated/α-hetero) is 1. The van der Waals surface area contributed by atoms with Crippen molar-refractivity contribution in [1.82, 2.24) is 0 Å². The number of ketones is 1. The number of hydrogen-bond donors (Lipinski definition) is 3. The standard InChI is InChI=1S/C41H58BrCl3O12Si/c1-21(2)58(22(3)4,23(5)6)57-27-18-40(52)34(48)32-38(11,33(47)31(55-25(8)46)30(24(27)7)37(40,9)10)29(56-36(50)54-20-41(43,44)45)17-28(42)39(32,51)19-53-35(49)26-15-13-12-14-16-26/h12-16,21-23,27-29,31-32,34,48,51-52H,17-20H2,1-11H3/t27-,28-,29-,31+,32-,34-,38+,39-,40+/m0/s1. The molecule has 0 spiro atoms. The van der Waals surface area contributed by atoms with Crippen molar-refractivity contribution >= 4 is 82.9 Å². The van der Waals surface area contributed by atoms with E-state index >= 15 is 4.79 Å². The molecule has 0 unspecified atom stereocenters. The summed E-state index contributed by atoms with van der Waals surface area (Å²) < 4.78 is 27.9. The maximum Gasteiger partial charge on any atom is 0.508 e. The number of esters is 2. The van der Waals surface area contributed by atoms with Gasteiger partial charge in [0.15, 0.2) is 11.9 Å². The average molecular weight is 957 g/mol. The summed E-state index contributed by atoms with van der Waals surface area (Å²) in [4.78, 5) is 54.2. The van der Waals surface area contributed by atoms with E-state index in [4.69, 9.17) is 58.2 Å². The Bertz CT molecular complexity index is 1730. The van der Waals surface area contributed by atoms with E-state index < -0.39 is 106 Å². The third-order valence-corrected chi connectivity index (χ3v) is 20.8. The molecule has 2 fully saturated rings. The molecule has 58 heavy (non-hydrogen) atoms. The SMILES string of the molecule is CC(=O)O[C@H]1C(=O)[C@]2(C)[C@@H](OC(=O)OCC(Cl)(Cl)Cl)C[C@H](Br)[C@@](O)(COC(=O)c3ccccc3)[C@H]2[C@H](O)[C@]2(O)C[C@H](O[Si](C(C)C)(C(C)C)C(C)C)C(C)=C1C2(C)C. The number of benzene rings is 1. The van der Waals surface area contributed by atoms with Crippen molar-refractivity contribution in [2.75, 3.05) is 13.2 Å². The highest BCUT2D eigenvalue weighted by molar-refractivity contribution is 9.09. The fourth-order valence-electron chi connectivity index (χ4n) is 10.3. The van der Waals surface area contributed by atoms with Gasteiger partial charge in [0, 0.05) is 31.1 Å². The highest BCUT2D eigenvalue weighted by atomic mass is 79.9. The summed E-state index contributed by atoms with van der Waals surface area (Å²) in [5.74, 6) is -4.29. The monoisotopic (exact) mass is 954 g/mol. The van der Waals surface area contributed by atoms with E-state index in [9.17, 15) is 29.7 Å². The zero-order valence-corrected chi connectivity index (χ0v) is 39.8. The lowest BCUT2D eigenvalue weighted by molar-refractivity contribution is -0.261. The summed E-state index contributed by atoms with van der Waals surface area (Å²) in [7, 11) is -2.74. The molecule has 12 nitrogen and oxygen atoms in total. The van der Waals surface area contributed by atoms with E-state index in [0.717, 1.165) is 6.92 Å². The third kappa shape index (κ3) is 8.66. The van der Waals surface area contributed by atoms with Crippen LogP contribution in [0.1, 0.15) is 99.4 Å². The number of hydrogen-bond acceptors (Lipinski definition) is 12. The van der Waals surface area contributed by atoms with Crippen LogP contribution in [0.2, 0.25) is 16.6 Å². The summed E-state index contributed by atoms with van der Waals surface area (Å²) in [6.07, 6.45) is -8.01. The summed E-state index contributed by atoms with van der Waals surface area (Å²) >= 11 is 21.0. The van der Waals surface area contributed by atoms with Crippen molar-refractivity contribution in [1.29, 1.82) is 0 Å². The maximum absolute atomic E-state index is 15.7. The first-order valence-corrected chi connectivity index (χ1v) is 23.7. The fraction of sp³-hybridized carbons (Fsp3) is 0.707. The van der Waals surface area contributed by atoms with E-state index in [2.05, 4.69) is 57.5 Å². The molecule has 2 bridgehead atoms. The molecule has 9 atom stereocenters. The van der Waals surface area contributed by atoms with Crippen LogP contribution in [-0.4, -0.2) is 105 Å². The molecule has 1 aromatic rings. The third-order valence-electron chi connectivity index (χ3n) is 13.2. The first-order valence-electron chi connectivity index (χ1n) is 19.5. The number of carbonyl (C=O) groups is 4. The Hall–Kier alpha value is -1.75. The normalized spacial score (nSPS) is 32.7. The van der Waals surface area contributed by atoms with E-state index in [-0.39, 0.29) is 40.6 Å². The van der Waals surface area contributed by atoms with Gasteiger partial charge in [-0.15, -0.1) is 0 Å². The number of halogens is 4. The van der Waals surface area contributed by atoms with Gasteiger partial charge in [0.1, 0.15) is 30.5 Å². The van der Waals surface area contributed by atoms with Crippen LogP contribution >= 0.6 is 50.7 Å². The number of aliphatic hydroxyl groups excluding tert-OH is 1. The van der Waals surface area contributed by atoms with Gasteiger partial charge in [-0.25, -0.2) is 9.59 Å². The topological polar surface area (TPSA) is 175 Å². The van der Waals surface area contributed by atoms with Crippen molar-refractivity contribution < 1.29 is 57.9 Å². The second-order valence-corrected chi connectivity index (χ2v) is 26.8. The highest BCUT2D eigenvalue weighted by Gasteiger charge is 2.74. The van der Waals surface area contributed by atoms with E-state index in [0.29, 0.717) is 5.57 Å². The second-order valence-electron chi connectivity index (χ2n) is 17.7. The van der Waals surface area contributed by atoms with Gasteiger partial charge >= 0.3 is 18.1 Å². The lowest BCUT2D eigenvalue weighted by Gasteiger charge is -2.64. The molecule has 0 aromatic heterocycles. The van der Waals surface area contributed by atoms with Crippen LogP contribution in [0.4, 0.5) is 4.79 Å². The Labute approximate surface area is 365 Å². The van der Waals surface area contributed by atoms with Gasteiger partial charge in [-0.2, -0.15) is 0 Å². The Morgan fingerprint density at radius 2 is 1.50 bits per heavy atom. The largest absolute Gasteiger partial charge is 0.508 e. The van der Waals surface area contributed by atoms with Crippen LogP contribution in [-0.2, 0) is 33.0 Å². The molecule has 0 heterocycles. The number of alkyl halides is 4.